The third kappa shape index (κ3) is 22.2. The average Bonchev–Trinajstić information content (AvgIpc) is 3.28. The van der Waals surface area contributed by atoms with Gasteiger partial charge in [0.15, 0.2) is 0 Å². The highest BCUT2D eigenvalue weighted by Crippen LogP contribution is 2.20. The van der Waals surface area contributed by atoms with E-state index in [1.165, 1.54) is 191 Å². The van der Waals surface area contributed by atoms with Crippen LogP contribution >= 0.6 is 0 Å². The van der Waals surface area contributed by atoms with Crippen LogP contribution < -0.4 is 5.32 Å². The molecule has 0 aromatic carbocycles. The molecule has 1 nitrogen and oxygen atoms in total. The van der Waals surface area contributed by atoms with Gasteiger partial charge >= 0.3 is 0 Å². The molecule has 0 saturated carbocycles. The number of hydrogen-bond donors (Lipinski definition) is 0. The van der Waals surface area contributed by atoms with Crippen LogP contribution in [0.15, 0.2) is 23.5 Å². The predicted molar refractivity (Wildman–Crippen MR) is 159 cm³/mol. The van der Waals surface area contributed by atoms with Crippen LogP contribution in [0.25, 0.3) is 0 Å². The smallest absolute Gasteiger partial charge is 0.0405 e. The molecule has 0 N–H and O–H groups in total. The summed E-state index contributed by atoms with van der Waals surface area (Å²) in [6.07, 6.45) is 44.9. The van der Waals surface area contributed by atoms with Gasteiger partial charge in [0, 0.05) is 11.9 Å². The summed E-state index contributed by atoms with van der Waals surface area (Å²) in [6, 6.07) is 0. The molecule has 0 spiro atoms. The summed E-state index contributed by atoms with van der Waals surface area (Å²) in [5.41, 5.74) is 2.70. The Balaban J connectivity index is 1.63. The van der Waals surface area contributed by atoms with Crippen LogP contribution in [0.2, 0.25) is 0 Å². The lowest BCUT2D eigenvalue weighted by Gasteiger charge is -2.05. The van der Waals surface area contributed by atoms with E-state index in [1.807, 2.05) is 6.20 Å². The third-order valence-electron chi connectivity index (χ3n) is 8.06. The van der Waals surface area contributed by atoms with Crippen LogP contribution in [0, 0.1) is 0 Å². The van der Waals surface area contributed by atoms with E-state index < -0.39 is 0 Å². The summed E-state index contributed by atoms with van der Waals surface area (Å²) in [5, 5.41) is 4.33. The van der Waals surface area contributed by atoms with Crippen molar-refractivity contribution in [1.82, 2.24) is 5.32 Å². The molecule has 0 aliphatic carbocycles. The van der Waals surface area contributed by atoms with Gasteiger partial charge in [0.1, 0.15) is 0 Å². The fourth-order valence-electron chi connectivity index (χ4n) is 5.51. The molecule has 0 saturated heterocycles. The maximum Gasteiger partial charge on any atom is 0.0405 e. The van der Waals surface area contributed by atoms with Crippen LogP contribution in [0.5, 0.6) is 0 Å². The second-order valence-corrected chi connectivity index (χ2v) is 11.5. The molecular formula is C34H64N. The van der Waals surface area contributed by atoms with Crippen molar-refractivity contribution in [2.75, 3.05) is 0 Å². The van der Waals surface area contributed by atoms with Gasteiger partial charge in [0.05, 0.1) is 0 Å². The Labute approximate surface area is 222 Å². The number of nitrogens with zero attached hydrogens (tertiary/aromatic N) is 1. The van der Waals surface area contributed by atoms with Crippen molar-refractivity contribution < 1.29 is 0 Å². The molecule has 35 heavy (non-hydrogen) atoms. The van der Waals surface area contributed by atoms with E-state index in [-0.39, 0.29) is 0 Å². The molecule has 1 heterocycles. The van der Waals surface area contributed by atoms with Gasteiger partial charge in [-0.15, -0.1) is 0 Å². The van der Waals surface area contributed by atoms with Gasteiger partial charge in [0.25, 0.3) is 0 Å². The molecule has 0 fully saturated rings. The average molecular weight is 487 g/mol. The van der Waals surface area contributed by atoms with Crippen LogP contribution in [0.3, 0.4) is 0 Å². The molecule has 1 radical (unpaired) electrons. The summed E-state index contributed by atoms with van der Waals surface area (Å²) in [5.74, 6) is 0. The Hall–Kier alpha value is -0.720. The van der Waals surface area contributed by atoms with E-state index in [0.29, 0.717) is 0 Å². The van der Waals surface area contributed by atoms with Gasteiger partial charge in [-0.1, -0.05) is 174 Å². The van der Waals surface area contributed by atoms with E-state index >= 15 is 0 Å². The molecule has 1 rings (SSSR count). The molecule has 0 atom stereocenters. The van der Waals surface area contributed by atoms with E-state index in [4.69, 9.17) is 0 Å². The monoisotopic (exact) mass is 487 g/mol. The van der Waals surface area contributed by atoms with Gasteiger partial charge in [-0.2, -0.15) is 0 Å². The zero-order valence-electron chi connectivity index (χ0n) is 24.4. The lowest BCUT2D eigenvalue weighted by Crippen LogP contribution is -1.89. The van der Waals surface area contributed by atoms with Crippen LogP contribution in [0.1, 0.15) is 194 Å². The largest absolute Gasteiger partial charge is 0.261 e. The van der Waals surface area contributed by atoms with Crippen molar-refractivity contribution in [3.05, 3.63) is 23.5 Å². The van der Waals surface area contributed by atoms with Gasteiger partial charge in [0.2, 0.25) is 0 Å². The summed E-state index contributed by atoms with van der Waals surface area (Å²) in [4.78, 5) is 0. The van der Waals surface area contributed by atoms with Crippen molar-refractivity contribution in [1.29, 1.82) is 0 Å². The summed E-state index contributed by atoms with van der Waals surface area (Å²) < 4.78 is 0. The summed E-state index contributed by atoms with van der Waals surface area (Å²) in [6.45, 7) is 4.44. The number of allylic oxidation sites excluding steroid dienone is 3. The number of unbranched alkanes of at least 4 members (excludes halogenated alkanes) is 26. The normalized spacial score (nSPS) is 13.2. The maximum absolute atomic E-state index is 4.33. The first-order valence-corrected chi connectivity index (χ1v) is 16.4. The molecular weight excluding hydrogens is 422 g/mol. The fourth-order valence-corrected chi connectivity index (χ4v) is 5.51. The van der Waals surface area contributed by atoms with Crippen LogP contribution in [-0.4, -0.2) is 0 Å². The van der Waals surface area contributed by atoms with Gasteiger partial charge in [-0.3, -0.25) is 5.32 Å². The Kier molecular flexibility index (Phi) is 24.3. The summed E-state index contributed by atoms with van der Waals surface area (Å²) >= 11 is 0. The first-order chi connectivity index (χ1) is 17.3. The zero-order valence-corrected chi connectivity index (χ0v) is 24.4. The molecule has 1 aliphatic rings. The number of rotatable bonds is 28. The third-order valence-corrected chi connectivity index (χ3v) is 8.06. The minimum absolute atomic E-state index is 1.23. The Bertz CT molecular complexity index is 489. The lowest BCUT2D eigenvalue weighted by atomic mass is 10.0. The van der Waals surface area contributed by atoms with Crippen molar-refractivity contribution in [3.63, 3.8) is 0 Å². The van der Waals surface area contributed by atoms with Crippen molar-refractivity contribution in [3.8, 4) is 0 Å². The molecule has 1 aliphatic heterocycles. The highest BCUT2D eigenvalue weighted by Gasteiger charge is 2.04. The van der Waals surface area contributed by atoms with E-state index in [9.17, 15) is 0 Å². The van der Waals surface area contributed by atoms with Gasteiger partial charge in [-0.05, 0) is 31.4 Å². The summed E-state index contributed by atoms with van der Waals surface area (Å²) in [7, 11) is 0. The Morgan fingerprint density at radius 3 is 0.971 bits per heavy atom. The van der Waals surface area contributed by atoms with Gasteiger partial charge < -0.3 is 0 Å². The highest BCUT2D eigenvalue weighted by molar-refractivity contribution is 5.29. The minimum Gasteiger partial charge on any atom is -0.261 e. The quantitative estimate of drug-likeness (QED) is 0.0976. The van der Waals surface area contributed by atoms with Crippen molar-refractivity contribution >= 4 is 0 Å². The molecule has 205 valence electrons. The fraction of sp³-hybridized carbons (Fsp3) is 0.882. The molecule has 1 heteroatoms. The first-order valence-electron chi connectivity index (χ1n) is 16.4. The second kappa shape index (κ2) is 26.3. The topological polar surface area (TPSA) is 14.1 Å². The molecule has 0 unspecified atom stereocenters. The maximum atomic E-state index is 4.33. The van der Waals surface area contributed by atoms with Crippen molar-refractivity contribution in [2.45, 2.75) is 194 Å². The van der Waals surface area contributed by atoms with E-state index in [0.717, 1.165) is 0 Å². The standard InChI is InChI=1S/C34H64N/c1-3-4-5-6-7-8-9-10-11-12-13-14-15-16-17-18-19-20-21-22-23-24-25-26-27-28-29-30-34-31-32-35-33(34)2/h31-32H,3-30H2,1-2H3. The molecule has 0 amide bonds. The predicted octanol–water partition coefficient (Wildman–Crippen LogP) is 12.3. The molecule has 0 aromatic rings. The Morgan fingerprint density at radius 2 is 0.714 bits per heavy atom. The van der Waals surface area contributed by atoms with E-state index in [2.05, 4.69) is 25.2 Å². The first kappa shape index (κ1) is 32.3. The van der Waals surface area contributed by atoms with Crippen LogP contribution in [-0.2, 0) is 0 Å². The SMILES string of the molecule is CCCCCCCCCCCCCCCCCCCCCCCCCCCCCC1=C(C)[N]C=C1. The minimum atomic E-state index is 1.23. The second-order valence-electron chi connectivity index (χ2n) is 11.5. The lowest BCUT2D eigenvalue weighted by molar-refractivity contribution is 0.514. The van der Waals surface area contributed by atoms with Crippen LogP contribution in [0.4, 0.5) is 0 Å². The highest BCUT2D eigenvalue weighted by atomic mass is 14.9. The van der Waals surface area contributed by atoms with Gasteiger partial charge in [-0.25, -0.2) is 0 Å². The molecule has 0 aromatic heterocycles. The molecule has 0 bridgehead atoms. The van der Waals surface area contributed by atoms with E-state index in [1.54, 1.807) is 0 Å². The zero-order chi connectivity index (χ0) is 25.1. The number of hydrogen-bond acceptors (Lipinski definition) is 0. The van der Waals surface area contributed by atoms with Crippen molar-refractivity contribution in [2.24, 2.45) is 0 Å². The Morgan fingerprint density at radius 1 is 0.429 bits per heavy atom.